The van der Waals surface area contributed by atoms with Crippen LogP contribution in [0.1, 0.15) is 129 Å². The van der Waals surface area contributed by atoms with Crippen molar-refractivity contribution in [3.05, 3.63) is 90.5 Å². The number of rotatable bonds is 27. The highest BCUT2D eigenvalue weighted by Gasteiger charge is 2.34. The lowest BCUT2D eigenvalue weighted by Crippen LogP contribution is -3.00. The van der Waals surface area contributed by atoms with Crippen molar-refractivity contribution in [3.8, 4) is 0 Å². The van der Waals surface area contributed by atoms with E-state index in [0.29, 0.717) is 6.61 Å². The maximum absolute atomic E-state index is 6.16. The molecule has 0 aliphatic heterocycles. The molecule has 0 saturated carbocycles. The van der Waals surface area contributed by atoms with Crippen molar-refractivity contribution in [2.24, 2.45) is 0 Å². The zero-order valence-corrected chi connectivity index (χ0v) is 32.0. The number of benzene rings is 3. The molecule has 3 aromatic carbocycles. The van der Waals surface area contributed by atoms with Crippen molar-refractivity contribution in [1.29, 1.82) is 0 Å². The fourth-order valence-electron chi connectivity index (χ4n) is 6.83. The summed E-state index contributed by atoms with van der Waals surface area (Å²) in [5.74, 6) is 0. The molecule has 4 heteroatoms. The number of unbranched alkanes of at least 4 members (excludes halogenated alkanes) is 12. The highest BCUT2D eigenvalue weighted by Crippen LogP contribution is 2.61. The van der Waals surface area contributed by atoms with E-state index in [2.05, 4.69) is 111 Å². The van der Waals surface area contributed by atoms with Crippen LogP contribution in [0.15, 0.2) is 84.9 Å². The van der Waals surface area contributed by atoms with E-state index in [0.717, 1.165) is 6.61 Å². The van der Waals surface area contributed by atoms with Crippen LogP contribution in [0, 0.1) is 0 Å². The molecule has 0 bridgehead atoms. The van der Waals surface area contributed by atoms with E-state index in [1.165, 1.54) is 125 Å². The molecule has 0 heterocycles. The summed E-state index contributed by atoms with van der Waals surface area (Å²) in [5, 5.41) is 0. The van der Waals surface area contributed by atoms with Gasteiger partial charge in [0, 0.05) is 30.9 Å². The summed E-state index contributed by atoms with van der Waals surface area (Å²) in [6.45, 7) is 8.61. The number of nitrogens with zero attached hydrogens (tertiary/aromatic N) is 1. The molecule has 0 spiro atoms. The van der Waals surface area contributed by atoms with Crippen LogP contribution in [0.4, 0.5) is 17.1 Å². The third kappa shape index (κ3) is 16.4. The van der Waals surface area contributed by atoms with Crippen molar-refractivity contribution in [3.63, 3.8) is 0 Å². The zero-order chi connectivity index (χ0) is 32.5. The maximum atomic E-state index is 6.16. The fraction of sp³-hybridized carbons (Fsp3) is 0.581. The standard InChI is InChI=1S/C43H67NOP.ClH/c1-4-7-10-22-35-46(36-23-11-8-5-2,37-24-12-9-6-3)38-25-14-13-21-34-45-39-40-30-32-43(33-31-40)44(41-26-17-15-18-27-41)42-28-19-16-20-29-42;/h15-20,26-33H,4-14,21-25,34-39H2,1-3H3;1H/q+1;/p-1. The van der Waals surface area contributed by atoms with Crippen molar-refractivity contribution < 1.29 is 17.1 Å². The second-order valence-electron chi connectivity index (χ2n) is 13.6. The van der Waals surface area contributed by atoms with Crippen LogP contribution >= 0.6 is 7.26 Å². The highest BCUT2D eigenvalue weighted by atomic mass is 35.5. The molecule has 3 rings (SSSR count). The van der Waals surface area contributed by atoms with Crippen LogP contribution in [0.2, 0.25) is 0 Å². The van der Waals surface area contributed by atoms with E-state index in [9.17, 15) is 0 Å². The van der Waals surface area contributed by atoms with Crippen molar-refractivity contribution in [2.45, 2.75) is 130 Å². The first-order valence-corrected chi connectivity index (χ1v) is 21.7. The second-order valence-corrected chi connectivity index (χ2v) is 18.0. The normalized spacial score (nSPS) is 11.4. The summed E-state index contributed by atoms with van der Waals surface area (Å²) in [4.78, 5) is 2.31. The van der Waals surface area contributed by atoms with Crippen LogP contribution in [0.25, 0.3) is 0 Å². The van der Waals surface area contributed by atoms with E-state index in [4.69, 9.17) is 4.74 Å². The summed E-state index contributed by atoms with van der Waals surface area (Å²) in [6.07, 6.45) is 28.8. The molecule has 0 fully saturated rings. The minimum atomic E-state index is -0.804. The second kappa shape index (κ2) is 26.1. The first-order chi connectivity index (χ1) is 22.7. The first-order valence-electron chi connectivity index (χ1n) is 19.1. The van der Waals surface area contributed by atoms with Gasteiger partial charge in [0.2, 0.25) is 0 Å². The van der Waals surface area contributed by atoms with Crippen LogP contribution in [-0.2, 0) is 11.3 Å². The van der Waals surface area contributed by atoms with Gasteiger partial charge in [-0.2, -0.15) is 0 Å². The Hall–Kier alpha value is -1.86. The third-order valence-electron chi connectivity index (χ3n) is 9.62. The van der Waals surface area contributed by atoms with Crippen LogP contribution in [0.5, 0.6) is 0 Å². The largest absolute Gasteiger partial charge is 1.00 e. The van der Waals surface area contributed by atoms with Crippen LogP contribution in [-0.4, -0.2) is 31.3 Å². The van der Waals surface area contributed by atoms with Crippen molar-refractivity contribution >= 4 is 24.3 Å². The summed E-state index contributed by atoms with van der Waals surface area (Å²) < 4.78 is 6.16. The fourth-order valence-corrected chi connectivity index (χ4v) is 11.7. The molecule has 0 N–H and O–H groups in total. The van der Waals surface area contributed by atoms with Gasteiger partial charge in [0.05, 0.1) is 31.3 Å². The molecule has 0 saturated heterocycles. The topological polar surface area (TPSA) is 12.5 Å². The highest BCUT2D eigenvalue weighted by molar-refractivity contribution is 7.75. The quantitative estimate of drug-likeness (QED) is 0.0587. The monoisotopic (exact) mass is 679 g/mol. The molecular formula is C43H67ClNOP. The van der Waals surface area contributed by atoms with Gasteiger partial charge in [-0.1, -0.05) is 114 Å². The molecule has 0 aromatic heterocycles. The Bertz CT molecular complexity index is 1050. The summed E-state index contributed by atoms with van der Waals surface area (Å²) in [5.41, 5.74) is 4.75. The lowest BCUT2D eigenvalue weighted by molar-refractivity contribution is -0.0000103. The maximum Gasteiger partial charge on any atom is 0.0716 e. The first kappa shape index (κ1) is 41.3. The van der Waals surface area contributed by atoms with Gasteiger partial charge in [0.15, 0.2) is 0 Å². The minimum Gasteiger partial charge on any atom is -1.00 e. The molecule has 0 atom stereocenters. The number of para-hydroxylation sites is 2. The number of ether oxygens (including phenoxy) is 1. The molecule has 262 valence electrons. The Labute approximate surface area is 297 Å². The van der Waals surface area contributed by atoms with Gasteiger partial charge in [0.25, 0.3) is 0 Å². The van der Waals surface area contributed by atoms with Gasteiger partial charge >= 0.3 is 0 Å². The van der Waals surface area contributed by atoms with E-state index in [-0.39, 0.29) is 12.4 Å². The minimum absolute atomic E-state index is 0. The smallest absolute Gasteiger partial charge is 0.0716 e. The summed E-state index contributed by atoms with van der Waals surface area (Å²) in [6, 6.07) is 30.1. The van der Waals surface area contributed by atoms with E-state index in [1.54, 1.807) is 24.6 Å². The average Bonchev–Trinajstić information content (AvgIpc) is 3.10. The Morgan fingerprint density at radius 1 is 0.447 bits per heavy atom. The molecule has 0 amide bonds. The molecular weight excluding hydrogens is 613 g/mol. The molecule has 0 unspecified atom stereocenters. The van der Waals surface area contributed by atoms with Crippen molar-refractivity contribution in [2.75, 3.05) is 36.2 Å². The number of hydrogen-bond acceptors (Lipinski definition) is 2. The Balaban J connectivity index is 0.00000768. The third-order valence-corrected chi connectivity index (χ3v) is 14.7. The Morgan fingerprint density at radius 3 is 1.26 bits per heavy atom. The number of anilines is 3. The summed E-state index contributed by atoms with van der Waals surface area (Å²) >= 11 is 0. The lowest BCUT2D eigenvalue weighted by atomic mass is 10.1. The van der Waals surface area contributed by atoms with Gasteiger partial charge in [-0.3, -0.25) is 0 Å². The van der Waals surface area contributed by atoms with E-state index in [1.807, 2.05) is 0 Å². The molecule has 2 nitrogen and oxygen atoms in total. The predicted octanol–water partition coefficient (Wildman–Crippen LogP) is 11.0. The van der Waals surface area contributed by atoms with Crippen molar-refractivity contribution in [1.82, 2.24) is 0 Å². The molecule has 0 aliphatic rings. The van der Waals surface area contributed by atoms with Gasteiger partial charge in [0.1, 0.15) is 0 Å². The van der Waals surface area contributed by atoms with Crippen LogP contribution < -0.4 is 17.3 Å². The predicted molar refractivity (Wildman–Crippen MR) is 208 cm³/mol. The van der Waals surface area contributed by atoms with Crippen LogP contribution in [0.3, 0.4) is 0 Å². The van der Waals surface area contributed by atoms with Gasteiger partial charge in [-0.25, -0.2) is 0 Å². The SMILES string of the molecule is CCCCCC[P+](CCCCCC)(CCCCCC)CCCCCCOCc1ccc(N(c2ccccc2)c2ccccc2)cc1.[Cl-]. The molecule has 0 radical (unpaired) electrons. The zero-order valence-electron chi connectivity index (χ0n) is 30.3. The van der Waals surface area contributed by atoms with E-state index < -0.39 is 7.26 Å². The molecule has 47 heavy (non-hydrogen) atoms. The number of hydrogen-bond donors (Lipinski definition) is 0. The van der Waals surface area contributed by atoms with E-state index >= 15 is 0 Å². The van der Waals surface area contributed by atoms with Gasteiger partial charge in [-0.15, -0.1) is 0 Å². The molecule has 0 aliphatic carbocycles. The molecule has 3 aromatic rings. The van der Waals surface area contributed by atoms with Gasteiger partial charge in [-0.05, 0) is 99.7 Å². The Kier molecular flexibility index (Phi) is 22.9. The summed E-state index contributed by atoms with van der Waals surface area (Å²) in [7, 11) is -0.804. The average molecular weight is 680 g/mol. The Morgan fingerprint density at radius 2 is 0.830 bits per heavy atom. The van der Waals surface area contributed by atoms with Gasteiger partial charge < -0.3 is 22.0 Å². The number of halogens is 1. The lowest BCUT2D eigenvalue weighted by Gasteiger charge is -2.28.